The van der Waals surface area contributed by atoms with E-state index in [0.717, 1.165) is 18.8 Å². The maximum absolute atomic E-state index is 6.06. The van der Waals surface area contributed by atoms with Crippen molar-refractivity contribution in [2.75, 3.05) is 26.2 Å². The van der Waals surface area contributed by atoms with Crippen molar-refractivity contribution >= 4 is 0 Å². The van der Waals surface area contributed by atoms with E-state index in [1.807, 2.05) is 0 Å². The molecule has 0 aromatic heterocycles. The molecule has 1 fully saturated rings. The van der Waals surface area contributed by atoms with Gasteiger partial charge in [-0.3, -0.25) is 9.80 Å². The van der Waals surface area contributed by atoms with E-state index < -0.39 is 0 Å². The van der Waals surface area contributed by atoms with Crippen molar-refractivity contribution in [1.82, 2.24) is 9.80 Å². The molecule has 0 bridgehead atoms. The van der Waals surface area contributed by atoms with E-state index in [1.54, 1.807) is 5.56 Å². The van der Waals surface area contributed by atoms with Crippen molar-refractivity contribution in [1.29, 1.82) is 0 Å². The van der Waals surface area contributed by atoms with Crippen LogP contribution >= 0.6 is 0 Å². The van der Waals surface area contributed by atoms with Crippen LogP contribution < -0.4 is 4.74 Å². The van der Waals surface area contributed by atoms with Crippen LogP contribution in [-0.2, 0) is 6.42 Å². The van der Waals surface area contributed by atoms with E-state index in [2.05, 4.69) is 55.7 Å². The molecule has 3 nitrogen and oxygen atoms in total. The zero-order chi connectivity index (χ0) is 18.5. The Kier molecular flexibility index (Phi) is 6.99. The number of hydrogen-bond acceptors (Lipinski definition) is 3. The Hall–Kier alpha value is -1.06. The average molecular weight is 359 g/mol. The topological polar surface area (TPSA) is 15.7 Å². The van der Waals surface area contributed by atoms with Crippen molar-refractivity contribution < 1.29 is 4.74 Å². The van der Waals surface area contributed by atoms with Crippen LogP contribution in [0.4, 0.5) is 0 Å². The van der Waals surface area contributed by atoms with Gasteiger partial charge in [-0.15, -0.1) is 0 Å². The molecule has 1 aliphatic carbocycles. The fourth-order valence-corrected chi connectivity index (χ4v) is 4.79. The first-order valence-electron chi connectivity index (χ1n) is 10.8. The minimum Gasteiger partial charge on any atom is -0.494 e. The molecule has 0 spiro atoms. The summed E-state index contributed by atoms with van der Waals surface area (Å²) < 4.78 is 6.06. The molecule has 1 aromatic carbocycles. The van der Waals surface area contributed by atoms with Gasteiger partial charge in [0, 0.05) is 18.1 Å². The van der Waals surface area contributed by atoms with Crippen molar-refractivity contribution in [3.8, 4) is 5.75 Å². The second-order valence-electron chi connectivity index (χ2n) is 8.64. The molecule has 1 heterocycles. The highest BCUT2D eigenvalue weighted by molar-refractivity contribution is 5.40. The van der Waals surface area contributed by atoms with Crippen LogP contribution in [0.1, 0.15) is 77.0 Å². The molecule has 1 aromatic rings. The number of nitrogens with zero attached hydrogens (tertiary/aromatic N) is 2. The van der Waals surface area contributed by atoms with Crippen LogP contribution in [0.3, 0.4) is 0 Å². The lowest BCUT2D eigenvalue weighted by atomic mass is 10.1. The van der Waals surface area contributed by atoms with E-state index in [-0.39, 0.29) is 0 Å². The van der Waals surface area contributed by atoms with Crippen LogP contribution in [0.15, 0.2) is 18.2 Å². The summed E-state index contributed by atoms with van der Waals surface area (Å²) in [4.78, 5) is 5.25. The van der Waals surface area contributed by atoms with Crippen LogP contribution in [0, 0.1) is 0 Å². The summed E-state index contributed by atoms with van der Waals surface area (Å²) in [5, 5.41) is 0. The van der Waals surface area contributed by atoms with Gasteiger partial charge in [-0.1, -0.05) is 6.07 Å². The molecule has 1 unspecified atom stereocenters. The minimum atomic E-state index is 0.621. The van der Waals surface area contributed by atoms with E-state index >= 15 is 0 Å². The van der Waals surface area contributed by atoms with Crippen molar-refractivity contribution in [2.24, 2.45) is 0 Å². The largest absolute Gasteiger partial charge is 0.494 e. The third kappa shape index (κ3) is 4.80. The molecule has 1 saturated heterocycles. The fraction of sp³-hybridized carbons (Fsp3) is 0.739. The lowest BCUT2D eigenvalue weighted by Gasteiger charge is -2.30. The van der Waals surface area contributed by atoms with Crippen molar-refractivity contribution in [2.45, 2.75) is 84.3 Å². The number of rotatable bonds is 9. The molecule has 3 rings (SSSR count). The number of likely N-dealkylation sites (tertiary alicyclic amines) is 1. The van der Waals surface area contributed by atoms with Gasteiger partial charge in [0.05, 0.1) is 6.61 Å². The Labute approximate surface area is 160 Å². The minimum absolute atomic E-state index is 0.621. The van der Waals surface area contributed by atoms with Gasteiger partial charge in [-0.05, 0) is 109 Å². The molecule has 146 valence electrons. The van der Waals surface area contributed by atoms with Crippen molar-refractivity contribution in [3.05, 3.63) is 29.3 Å². The second kappa shape index (κ2) is 9.23. The number of hydrogen-bond donors (Lipinski definition) is 0. The molecule has 0 amide bonds. The molecule has 1 atom stereocenters. The number of aryl methyl sites for hydroxylation is 1. The highest BCUT2D eigenvalue weighted by Crippen LogP contribution is 2.38. The fourth-order valence-electron chi connectivity index (χ4n) is 4.79. The van der Waals surface area contributed by atoms with Crippen LogP contribution in [0.5, 0.6) is 5.75 Å². The smallest absolute Gasteiger partial charge is 0.119 e. The number of ether oxygens (including phenoxy) is 1. The SMILES string of the molecule is CC(C)N(CCCCOc1ccc2c(c1)CCC2N1CCCC1)C(C)C. The highest BCUT2D eigenvalue weighted by Gasteiger charge is 2.29. The molecule has 0 N–H and O–H groups in total. The summed E-state index contributed by atoms with van der Waals surface area (Å²) in [7, 11) is 0. The van der Waals surface area contributed by atoms with Crippen LogP contribution in [-0.4, -0.2) is 48.1 Å². The molecule has 0 saturated carbocycles. The standard InChI is InChI=1S/C23H38N2O/c1-18(2)25(19(3)4)15-7-8-16-26-21-10-11-22-20(17-21)9-12-23(22)24-13-5-6-14-24/h10-11,17-19,23H,5-9,12-16H2,1-4H3. The lowest BCUT2D eigenvalue weighted by Crippen LogP contribution is -2.37. The Bertz CT molecular complexity index is 555. The van der Waals surface area contributed by atoms with E-state index in [4.69, 9.17) is 4.74 Å². The maximum atomic E-state index is 6.06. The molecule has 0 radical (unpaired) electrons. The van der Waals surface area contributed by atoms with Crippen molar-refractivity contribution in [3.63, 3.8) is 0 Å². The van der Waals surface area contributed by atoms with Gasteiger partial charge in [-0.2, -0.15) is 0 Å². The van der Waals surface area contributed by atoms with Gasteiger partial charge in [0.15, 0.2) is 0 Å². The Morgan fingerprint density at radius 2 is 1.81 bits per heavy atom. The van der Waals surface area contributed by atoms with E-state index in [1.165, 1.54) is 57.3 Å². The molecule has 1 aliphatic heterocycles. The summed E-state index contributed by atoms with van der Waals surface area (Å²) in [5.74, 6) is 1.07. The zero-order valence-corrected chi connectivity index (χ0v) is 17.3. The Morgan fingerprint density at radius 1 is 1.08 bits per heavy atom. The number of fused-ring (bicyclic) bond motifs is 1. The third-order valence-corrected chi connectivity index (χ3v) is 6.15. The summed E-state index contributed by atoms with van der Waals surface area (Å²) >= 11 is 0. The quantitative estimate of drug-likeness (QED) is 0.575. The summed E-state index contributed by atoms with van der Waals surface area (Å²) in [6.45, 7) is 13.7. The highest BCUT2D eigenvalue weighted by atomic mass is 16.5. The molecule has 3 heteroatoms. The van der Waals surface area contributed by atoms with Gasteiger partial charge in [0.1, 0.15) is 5.75 Å². The predicted molar refractivity (Wildman–Crippen MR) is 110 cm³/mol. The first-order valence-corrected chi connectivity index (χ1v) is 10.8. The second-order valence-corrected chi connectivity index (χ2v) is 8.64. The van der Waals surface area contributed by atoms with Crippen LogP contribution in [0.25, 0.3) is 0 Å². The van der Waals surface area contributed by atoms with Gasteiger partial charge in [0.25, 0.3) is 0 Å². The first kappa shape index (κ1) is 19.7. The lowest BCUT2D eigenvalue weighted by molar-refractivity contribution is 0.167. The molecule has 2 aliphatic rings. The van der Waals surface area contributed by atoms with Gasteiger partial charge < -0.3 is 4.74 Å². The molecular weight excluding hydrogens is 320 g/mol. The van der Waals surface area contributed by atoms with Gasteiger partial charge in [-0.25, -0.2) is 0 Å². The van der Waals surface area contributed by atoms with Crippen LogP contribution in [0.2, 0.25) is 0 Å². The van der Waals surface area contributed by atoms with E-state index in [0.29, 0.717) is 18.1 Å². The van der Waals surface area contributed by atoms with E-state index in [9.17, 15) is 0 Å². The third-order valence-electron chi connectivity index (χ3n) is 6.15. The molecule has 26 heavy (non-hydrogen) atoms. The first-order chi connectivity index (χ1) is 12.6. The Morgan fingerprint density at radius 3 is 2.50 bits per heavy atom. The number of benzene rings is 1. The normalized spacial score (nSPS) is 20.5. The summed E-state index contributed by atoms with van der Waals surface area (Å²) in [6.07, 6.45) is 7.59. The molecular formula is C23H38N2O. The zero-order valence-electron chi connectivity index (χ0n) is 17.3. The predicted octanol–water partition coefficient (Wildman–Crippen LogP) is 5.05. The monoisotopic (exact) mass is 358 g/mol. The average Bonchev–Trinajstić information content (AvgIpc) is 3.25. The summed E-state index contributed by atoms with van der Waals surface area (Å²) in [5.41, 5.74) is 3.08. The number of unbranched alkanes of at least 4 members (excludes halogenated alkanes) is 1. The van der Waals surface area contributed by atoms with Gasteiger partial charge in [0.2, 0.25) is 0 Å². The maximum Gasteiger partial charge on any atom is 0.119 e. The van der Waals surface area contributed by atoms with Gasteiger partial charge >= 0.3 is 0 Å². The Balaban J connectivity index is 1.44. The summed E-state index contributed by atoms with van der Waals surface area (Å²) in [6, 6.07) is 8.74.